The molecule has 138 valence electrons. The number of nitro groups is 1. The van der Waals surface area contributed by atoms with Crippen LogP contribution >= 0.6 is 0 Å². The van der Waals surface area contributed by atoms with Gasteiger partial charge in [-0.1, -0.05) is 37.3 Å². The molecule has 3 aromatic rings. The van der Waals surface area contributed by atoms with E-state index in [1.54, 1.807) is 6.07 Å². The van der Waals surface area contributed by atoms with Crippen LogP contribution in [0.3, 0.4) is 0 Å². The third-order valence-corrected chi connectivity index (χ3v) is 5.01. The lowest BCUT2D eigenvalue weighted by Gasteiger charge is -2.35. The van der Waals surface area contributed by atoms with Gasteiger partial charge in [-0.3, -0.25) is 10.1 Å². The van der Waals surface area contributed by atoms with Crippen molar-refractivity contribution in [1.82, 2.24) is 14.9 Å². The van der Waals surface area contributed by atoms with Gasteiger partial charge in [-0.15, -0.1) is 0 Å². The highest BCUT2D eigenvalue weighted by atomic mass is 16.6. The Balaban J connectivity index is 1.83. The van der Waals surface area contributed by atoms with Crippen molar-refractivity contribution in [3.63, 3.8) is 0 Å². The van der Waals surface area contributed by atoms with E-state index in [-0.39, 0.29) is 5.69 Å². The van der Waals surface area contributed by atoms with Crippen molar-refractivity contribution in [1.29, 1.82) is 0 Å². The molecule has 27 heavy (non-hydrogen) atoms. The van der Waals surface area contributed by atoms with Crippen LogP contribution in [0.4, 0.5) is 11.5 Å². The van der Waals surface area contributed by atoms with Crippen molar-refractivity contribution in [2.75, 3.05) is 37.6 Å². The Morgan fingerprint density at radius 1 is 1.00 bits per heavy atom. The number of hydrogen-bond acceptors (Lipinski definition) is 6. The summed E-state index contributed by atoms with van der Waals surface area (Å²) in [5.41, 5.74) is 3.07. The molecule has 4 rings (SSSR count). The highest BCUT2D eigenvalue weighted by Gasteiger charge is 2.22. The second-order valence-electron chi connectivity index (χ2n) is 6.61. The van der Waals surface area contributed by atoms with Gasteiger partial charge >= 0.3 is 0 Å². The molecule has 0 amide bonds. The Kier molecular flexibility index (Phi) is 4.68. The van der Waals surface area contributed by atoms with E-state index in [4.69, 9.17) is 9.97 Å². The topological polar surface area (TPSA) is 75.4 Å². The maximum Gasteiger partial charge on any atom is 0.271 e. The molecule has 0 N–H and O–H groups in total. The standard InChI is InChI=1S/C20H21N5O2/c1-2-23-10-12-24(13-11-23)20-19(15-6-4-3-5-7-15)21-17-9-8-16(25(26)27)14-18(17)22-20/h3-9,14H,2,10-13H2,1H3. The van der Waals surface area contributed by atoms with Gasteiger partial charge in [0.2, 0.25) is 0 Å². The maximum absolute atomic E-state index is 11.1. The first-order valence-corrected chi connectivity index (χ1v) is 9.14. The van der Waals surface area contributed by atoms with Crippen molar-refractivity contribution in [2.24, 2.45) is 0 Å². The number of fused-ring (bicyclic) bond motifs is 1. The summed E-state index contributed by atoms with van der Waals surface area (Å²) in [5.74, 6) is 0.796. The Labute approximate surface area is 157 Å². The Bertz CT molecular complexity index is 969. The van der Waals surface area contributed by atoms with Crippen LogP contribution in [-0.2, 0) is 0 Å². The van der Waals surface area contributed by atoms with E-state index in [1.165, 1.54) is 12.1 Å². The largest absolute Gasteiger partial charge is 0.352 e. The lowest BCUT2D eigenvalue weighted by atomic mass is 10.1. The summed E-state index contributed by atoms with van der Waals surface area (Å²) < 4.78 is 0. The first kappa shape index (κ1) is 17.4. The van der Waals surface area contributed by atoms with Gasteiger partial charge in [0.25, 0.3) is 5.69 Å². The smallest absolute Gasteiger partial charge is 0.271 e. The van der Waals surface area contributed by atoms with E-state index in [0.29, 0.717) is 11.0 Å². The predicted molar refractivity (Wildman–Crippen MR) is 106 cm³/mol. The number of nitrogens with zero attached hydrogens (tertiary/aromatic N) is 5. The summed E-state index contributed by atoms with van der Waals surface area (Å²) in [7, 11) is 0. The van der Waals surface area contributed by atoms with E-state index in [1.807, 2.05) is 30.3 Å². The van der Waals surface area contributed by atoms with Gasteiger partial charge in [0.05, 0.1) is 16.0 Å². The molecular weight excluding hydrogens is 342 g/mol. The molecular formula is C20H21N5O2. The number of hydrogen-bond donors (Lipinski definition) is 0. The molecule has 0 spiro atoms. The monoisotopic (exact) mass is 363 g/mol. The summed E-state index contributed by atoms with van der Waals surface area (Å²) >= 11 is 0. The van der Waals surface area contributed by atoms with Crippen molar-refractivity contribution < 1.29 is 4.92 Å². The fourth-order valence-corrected chi connectivity index (χ4v) is 3.43. The van der Waals surface area contributed by atoms with E-state index in [9.17, 15) is 10.1 Å². The number of anilines is 1. The molecule has 7 nitrogen and oxygen atoms in total. The molecule has 2 heterocycles. The van der Waals surface area contributed by atoms with Crippen molar-refractivity contribution in [3.8, 4) is 11.3 Å². The summed E-state index contributed by atoms with van der Waals surface area (Å²) in [5, 5.41) is 11.1. The zero-order valence-corrected chi connectivity index (χ0v) is 15.2. The van der Waals surface area contributed by atoms with Gasteiger partial charge in [-0.05, 0) is 12.6 Å². The molecule has 2 aromatic carbocycles. The first-order chi connectivity index (χ1) is 13.2. The molecule has 1 fully saturated rings. The van der Waals surface area contributed by atoms with Gasteiger partial charge in [-0.2, -0.15) is 0 Å². The van der Waals surface area contributed by atoms with E-state index < -0.39 is 4.92 Å². The SMILES string of the molecule is CCN1CCN(c2nc3cc([N+](=O)[O-])ccc3nc2-c2ccccc2)CC1. The zero-order chi connectivity index (χ0) is 18.8. The lowest BCUT2D eigenvalue weighted by Crippen LogP contribution is -2.46. The van der Waals surface area contributed by atoms with Crippen molar-refractivity contribution in [3.05, 3.63) is 58.6 Å². The Morgan fingerprint density at radius 2 is 1.74 bits per heavy atom. The quantitative estimate of drug-likeness (QED) is 0.523. The van der Waals surface area contributed by atoms with Gasteiger partial charge in [0, 0.05) is 43.9 Å². The molecule has 1 aliphatic rings. The highest BCUT2D eigenvalue weighted by molar-refractivity contribution is 5.85. The minimum atomic E-state index is -0.397. The normalized spacial score (nSPS) is 15.2. The van der Waals surface area contributed by atoms with Crippen LogP contribution < -0.4 is 4.90 Å². The number of rotatable bonds is 4. The molecule has 0 unspecified atom stereocenters. The molecule has 0 bridgehead atoms. The van der Waals surface area contributed by atoms with Crippen LogP contribution in [0.1, 0.15) is 6.92 Å². The molecule has 0 saturated carbocycles. The molecule has 0 radical (unpaired) electrons. The fourth-order valence-electron chi connectivity index (χ4n) is 3.43. The average Bonchev–Trinajstić information content (AvgIpc) is 2.73. The van der Waals surface area contributed by atoms with E-state index >= 15 is 0 Å². The van der Waals surface area contributed by atoms with Crippen molar-refractivity contribution >= 4 is 22.5 Å². The van der Waals surface area contributed by atoms with Gasteiger partial charge in [0.15, 0.2) is 5.82 Å². The zero-order valence-electron chi connectivity index (χ0n) is 15.2. The molecule has 0 aliphatic carbocycles. The second-order valence-corrected chi connectivity index (χ2v) is 6.61. The summed E-state index contributed by atoms with van der Waals surface area (Å²) in [6.45, 7) is 6.87. The molecule has 1 aromatic heterocycles. The summed E-state index contributed by atoms with van der Waals surface area (Å²) in [6, 6.07) is 14.6. The average molecular weight is 363 g/mol. The molecule has 1 aliphatic heterocycles. The number of likely N-dealkylation sites (N-methyl/N-ethyl adjacent to an activating group) is 1. The lowest BCUT2D eigenvalue weighted by molar-refractivity contribution is -0.384. The molecule has 1 saturated heterocycles. The number of nitro benzene ring substituents is 1. The van der Waals surface area contributed by atoms with Gasteiger partial charge in [0.1, 0.15) is 5.69 Å². The maximum atomic E-state index is 11.1. The van der Waals surface area contributed by atoms with Gasteiger partial charge in [-0.25, -0.2) is 9.97 Å². The number of benzene rings is 2. The van der Waals surface area contributed by atoms with Crippen LogP contribution in [0.2, 0.25) is 0 Å². The highest BCUT2D eigenvalue weighted by Crippen LogP contribution is 2.31. The third kappa shape index (κ3) is 3.46. The number of non-ortho nitro benzene ring substituents is 1. The fraction of sp³-hybridized carbons (Fsp3) is 0.300. The number of aromatic nitrogens is 2. The Morgan fingerprint density at radius 3 is 2.41 bits per heavy atom. The van der Waals surface area contributed by atoms with Crippen LogP contribution in [0, 0.1) is 10.1 Å². The van der Waals surface area contributed by atoms with Crippen molar-refractivity contribution in [2.45, 2.75) is 6.92 Å². The number of piperazine rings is 1. The minimum Gasteiger partial charge on any atom is -0.352 e. The van der Waals surface area contributed by atoms with Crippen LogP contribution in [0.25, 0.3) is 22.3 Å². The second kappa shape index (κ2) is 7.28. The van der Waals surface area contributed by atoms with Crippen LogP contribution in [0.15, 0.2) is 48.5 Å². The summed E-state index contributed by atoms with van der Waals surface area (Å²) in [6.07, 6.45) is 0. The summed E-state index contributed by atoms with van der Waals surface area (Å²) in [4.78, 5) is 25.0. The van der Waals surface area contributed by atoms with Gasteiger partial charge < -0.3 is 9.80 Å². The Hall–Kier alpha value is -3.06. The third-order valence-electron chi connectivity index (χ3n) is 5.01. The van der Waals surface area contributed by atoms with Crippen LogP contribution in [-0.4, -0.2) is 52.5 Å². The van der Waals surface area contributed by atoms with Crippen LogP contribution in [0.5, 0.6) is 0 Å². The predicted octanol–water partition coefficient (Wildman–Crippen LogP) is 3.35. The first-order valence-electron chi connectivity index (χ1n) is 9.14. The minimum absolute atomic E-state index is 0.0333. The molecule has 0 atom stereocenters. The van der Waals surface area contributed by atoms with E-state index in [2.05, 4.69) is 16.7 Å². The van der Waals surface area contributed by atoms with E-state index in [0.717, 1.165) is 49.8 Å². The molecule has 7 heteroatoms.